The number of rotatable bonds is 7. The molecular weight excluding hydrogens is 402 g/mol. The van der Waals surface area contributed by atoms with Crippen molar-refractivity contribution in [3.8, 4) is 0 Å². The number of carbonyl (C=O) groups excluding carboxylic acids is 1. The maximum absolute atomic E-state index is 12.6. The van der Waals surface area contributed by atoms with Gasteiger partial charge in [-0.15, -0.1) is 0 Å². The Morgan fingerprint density at radius 2 is 1.83 bits per heavy atom. The largest absolute Gasteiger partial charge is 0.376 e. The number of urea groups is 1. The van der Waals surface area contributed by atoms with Crippen LogP contribution in [0.25, 0.3) is 0 Å². The molecule has 0 radical (unpaired) electrons. The molecule has 2 fully saturated rings. The topological polar surface area (TPSA) is 87.7 Å². The highest BCUT2D eigenvalue weighted by molar-refractivity contribution is 7.88. The van der Waals surface area contributed by atoms with Crippen LogP contribution in [0.3, 0.4) is 0 Å². The summed E-state index contributed by atoms with van der Waals surface area (Å²) in [4.78, 5) is 14.3. The number of piperidine rings is 1. The second kappa shape index (κ2) is 10.6. The van der Waals surface area contributed by atoms with E-state index >= 15 is 0 Å². The van der Waals surface area contributed by atoms with Crippen LogP contribution in [0.1, 0.15) is 56.9 Å². The van der Waals surface area contributed by atoms with Crippen molar-refractivity contribution in [1.82, 2.24) is 14.9 Å². The van der Waals surface area contributed by atoms with E-state index in [0.717, 1.165) is 32.1 Å². The van der Waals surface area contributed by atoms with E-state index < -0.39 is 10.0 Å². The van der Waals surface area contributed by atoms with Crippen LogP contribution in [0.5, 0.6) is 0 Å². The summed E-state index contributed by atoms with van der Waals surface area (Å²) < 4.78 is 32.7. The summed E-state index contributed by atoms with van der Waals surface area (Å²) in [6.45, 7) is 3.38. The lowest BCUT2D eigenvalue weighted by atomic mass is 9.83. The van der Waals surface area contributed by atoms with Crippen molar-refractivity contribution in [2.45, 2.75) is 69.6 Å². The van der Waals surface area contributed by atoms with Gasteiger partial charge in [-0.2, -0.15) is 0 Å². The lowest BCUT2D eigenvalue weighted by Gasteiger charge is -2.42. The molecule has 1 saturated heterocycles. The van der Waals surface area contributed by atoms with Gasteiger partial charge in [0.05, 0.1) is 25.0 Å². The number of nitrogens with zero attached hydrogens (tertiary/aromatic N) is 1. The molecule has 3 rings (SSSR count). The minimum Gasteiger partial charge on any atom is -0.376 e. The molecule has 1 aliphatic heterocycles. The maximum atomic E-state index is 12.6. The SMILES string of the molecule is CCNC(=O)N1CCCC(NS(C)(=O)=O)C1CO[C@H]1CC[C@@H](c2ccccc2)CC1. The lowest BCUT2D eigenvalue weighted by Crippen LogP contribution is -2.60. The molecule has 8 heteroatoms. The molecule has 2 N–H and O–H groups in total. The Bertz CT molecular complexity index is 779. The number of likely N-dealkylation sites (tertiary alicyclic amines) is 1. The van der Waals surface area contributed by atoms with Crippen LogP contribution in [0.15, 0.2) is 30.3 Å². The molecule has 1 aliphatic carbocycles. The summed E-state index contributed by atoms with van der Waals surface area (Å²) in [7, 11) is -3.36. The van der Waals surface area contributed by atoms with E-state index in [2.05, 4.69) is 34.3 Å². The fourth-order valence-corrected chi connectivity index (χ4v) is 5.53. The van der Waals surface area contributed by atoms with Crippen LogP contribution < -0.4 is 10.0 Å². The first-order valence-corrected chi connectivity index (χ1v) is 12.9. The average Bonchev–Trinajstić information content (AvgIpc) is 2.73. The Hall–Kier alpha value is -1.64. The highest BCUT2D eigenvalue weighted by atomic mass is 32.2. The van der Waals surface area contributed by atoms with Crippen LogP contribution in [-0.2, 0) is 14.8 Å². The number of hydrogen-bond acceptors (Lipinski definition) is 4. The Morgan fingerprint density at radius 3 is 2.47 bits per heavy atom. The molecule has 1 heterocycles. The minimum absolute atomic E-state index is 0.154. The molecule has 2 atom stereocenters. The molecule has 1 saturated carbocycles. The van der Waals surface area contributed by atoms with Gasteiger partial charge < -0.3 is 15.0 Å². The highest BCUT2D eigenvalue weighted by Crippen LogP contribution is 2.34. The van der Waals surface area contributed by atoms with Crippen LogP contribution >= 0.6 is 0 Å². The number of amides is 2. The molecule has 1 aromatic rings. The fourth-order valence-electron chi connectivity index (χ4n) is 4.70. The third-order valence-corrected chi connectivity index (χ3v) is 6.91. The van der Waals surface area contributed by atoms with Gasteiger partial charge in [0, 0.05) is 19.1 Å². The smallest absolute Gasteiger partial charge is 0.317 e. The molecule has 2 amide bonds. The molecule has 2 aliphatic rings. The van der Waals surface area contributed by atoms with Gasteiger partial charge in [-0.05, 0) is 56.9 Å². The average molecular weight is 438 g/mol. The van der Waals surface area contributed by atoms with Gasteiger partial charge in [0.1, 0.15) is 0 Å². The van der Waals surface area contributed by atoms with Crippen molar-refractivity contribution >= 4 is 16.1 Å². The van der Waals surface area contributed by atoms with Gasteiger partial charge in [0.25, 0.3) is 0 Å². The fraction of sp³-hybridized carbons (Fsp3) is 0.682. The molecule has 2 unspecified atom stereocenters. The first-order chi connectivity index (χ1) is 14.4. The molecule has 1 aromatic carbocycles. The van der Waals surface area contributed by atoms with E-state index in [1.54, 1.807) is 4.90 Å². The van der Waals surface area contributed by atoms with Crippen LogP contribution in [0.4, 0.5) is 4.79 Å². The Morgan fingerprint density at radius 1 is 1.13 bits per heavy atom. The van der Waals surface area contributed by atoms with Crippen LogP contribution in [0, 0.1) is 0 Å². The first kappa shape index (κ1) is 23.0. The molecule has 30 heavy (non-hydrogen) atoms. The number of benzene rings is 1. The molecular formula is C22H35N3O4S. The normalized spacial score (nSPS) is 27.6. The summed E-state index contributed by atoms with van der Waals surface area (Å²) in [6, 6.07) is 9.84. The van der Waals surface area contributed by atoms with Gasteiger partial charge in [0.15, 0.2) is 0 Å². The number of carbonyl (C=O) groups is 1. The van der Waals surface area contributed by atoms with Crippen LogP contribution in [0.2, 0.25) is 0 Å². The van der Waals surface area contributed by atoms with Crippen molar-refractivity contribution in [3.05, 3.63) is 35.9 Å². The van der Waals surface area contributed by atoms with Crippen LogP contribution in [-0.4, -0.2) is 63.5 Å². The maximum Gasteiger partial charge on any atom is 0.317 e. The van der Waals surface area contributed by atoms with Crippen molar-refractivity contribution in [1.29, 1.82) is 0 Å². The Balaban J connectivity index is 1.59. The van der Waals surface area contributed by atoms with E-state index in [9.17, 15) is 13.2 Å². The zero-order chi connectivity index (χ0) is 21.6. The van der Waals surface area contributed by atoms with Crippen molar-refractivity contribution in [2.24, 2.45) is 0 Å². The summed E-state index contributed by atoms with van der Waals surface area (Å²) >= 11 is 0. The number of nitrogens with one attached hydrogen (secondary N) is 2. The van der Waals surface area contributed by atoms with E-state index in [-0.39, 0.29) is 24.2 Å². The summed E-state index contributed by atoms with van der Waals surface area (Å²) in [5.41, 5.74) is 1.39. The second-order valence-electron chi connectivity index (χ2n) is 8.45. The van der Waals surface area contributed by atoms with Gasteiger partial charge >= 0.3 is 6.03 Å². The predicted molar refractivity (Wildman–Crippen MR) is 118 cm³/mol. The van der Waals surface area contributed by atoms with Gasteiger partial charge in [-0.3, -0.25) is 0 Å². The number of hydrogen-bond donors (Lipinski definition) is 2. The monoisotopic (exact) mass is 437 g/mol. The van der Waals surface area contributed by atoms with Gasteiger partial charge in [-0.25, -0.2) is 17.9 Å². The van der Waals surface area contributed by atoms with Crippen molar-refractivity contribution in [2.75, 3.05) is 26.0 Å². The summed E-state index contributed by atoms with van der Waals surface area (Å²) in [5.74, 6) is 0.576. The molecule has 0 aromatic heterocycles. The predicted octanol–water partition coefficient (Wildman–Crippen LogP) is 2.84. The van der Waals surface area contributed by atoms with Gasteiger partial charge in [0.2, 0.25) is 10.0 Å². The van der Waals surface area contributed by atoms with E-state index in [0.29, 0.717) is 32.0 Å². The highest BCUT2D eigenvalue weighted by Gasteiger charge is 2.36. The number of sulfonamides is 1. The Labute approximate surface area is 180 Å². The third-order valence-electron chi connectivity index (χ3n) is 6.18. The quantitative estimate of drug-likeness (QED) is 0.687. The third kappa shape index (κ3) is 6.43. The molecule has 0 bridgehead atoms. The van der Waals surface area contributed by atoms with Gasteiger partial charge in [-0.1, -0.05) is 30.3 Å². The minimum atomic E-state index is -3.36. The number of ether oxygens (including phenoxy) is 1. The summed E-state index contributed by atoms with van der Waals surface area (Å²) in [6.07, 6.45) is 6.94. The van der Waals surface area contributed by atoms with E-state index in [1.165, 1.54) is 11.8 Å². The Kier molecular flexibility index (Phi) is 8.13. The molecule has 168 valence electrons. The standard InChI is InChI=1S/C22H35N3O4S/c1-3-23-22(26)25-15-7-10-20(24-30(2,27)28)21(25)16-29-19-13-11-18(12-14-19)17-8-5-4-6-9-17/h4-6,8-9,18-21,24H,3,7,10-16H2,1-2H3,(H,23,26)/t18-,19+,20?,21?. The molecule has 7 nitrogen and oxygen atoms in total. The van der Waals surface area contributed by atoms with E-state index in [4.69, 9.17) is 4.74 Å². The second-order valence-corrected chi connectivity index (χ2v) is 10.2. The first-order valence-electron chi connectivity index (χ1n) is 11.1. The zero-order valence-corrected chi connectivity index (χ0v) is 18.9. The molecule has 0 spiro atoms. The van der Waals surface area contributed by atoms with E-state index in [1.807, 2.05) is 13.0 Å². The lowest BCUT2D eigenvalue weighted by molar-refractivity contribution is -0.0173. The zero-order valence-electron chi connectivity index (χ0n) is 18.0. The van der Waals surface area contributed by atoms with Crippen molar-refractivity contribution in [3.63, 3.8) is 0 Å². The van der Waals surface area contributed by atoms with Crippen molar-refractivity contribution < 1.29 is 17.9 Å². The summed E-state index contributed by atoms with van der Waals surface area (Å²) in [5, 5.41) is 2.84.